The number of benzene rings is 1. The van der Waals surface area contributed by atoms with Gasteiger partial charge in [0.15, 0.2) is 0 Å². The van der Waals surface area contributed by atoms with Crippen molar-refractivity contribution in [2.75, 3.05) is 26.8 Å². The summed E-state index contributed by atoms with van der Waals surface area (Å²) in [5, 5.41) is 16.5. The van der Waals surface area contributed by atoms with E-state index in [9.17, 15) is 5.11 Å². The van der Waals surface area contributed by atoms with Crippen LogP contribution in [0, 0.1) is 5.92 Å². The van der Waals surface area contributed by atoms with Crippen molar-refractivity contribution in [3.8, 4) is 5.75 Å². The number of nitrogens with zero attached hydrogens (tertiary/aromatic N) is 3. The van der Waals surface area contributed by atoms with Gasteiger partial charge in [0.1, 0.15) is 12.4 Å². The predicted octanol–water partition coefficient (Wildman–Crippen LogP) is 2.93. The predicted molar refractivity (Wildman–Crippen MR) is 105 cm³/mol. The van der Waals surface area contributed by atoms with Crippen LogP contribution in [0.4, 0.5) is 0 Å². The molecule has 3 aliphatic heterocycles. The third-order valence-corrected chi connectivity index (χ3v) is 5.64. The molecule has 3 saturated heterocycles. The lowest BCUT2D eigenvalue weighted by Gasteiger charge is -2.47. The Hall–Kier alpha value is -2.44. The number of fused-ring (bicyclic) bond motifs is 4. The molecule has 3 fully saturated rings. The number of oxime groups is 1. The highest BCUT2D eigenvalue weighted by molar-refractivity contribution is 5.90. The lowest BCUT2D eigenvalue weighted by molar-refractivity contribution is 0.0103. The van der Waals surface area contributed by atoms with Crippen LogP contribution in [-0.4, -0.2) is 53.6 Å². The van der Waals surface area contributed by atoms with Gasteiger partial charge < -0.3 is 14.7 Å². The second kappa shape index (κ2) is 7.66. The molecule has 2 bridgehead atoms. The second-order valence-electron chi connectivity index (χ2n) is 7.15. The first kappa shape index (κ1) is 17.9. The van der Waals surface area contributed by atoms with Gasteiger partial charge in [-0.15, -0.1) is 0 Å². The van der Waals surface area contributed by atoms with Gasteiger partial charge in [0, 0.05) is 30.1 Å². The van der Waals surface area contributed by atoms with E-state index in [1.54, 1.807) is 19.4 Å². The molecule has 4 heterocycles. The fraction of sp³-hybridized carbons (Fsp3) is 0.429. The maximum absolute atomic E-state index is 11.2. The van der Waals surface area contributed by atoms with E-state index < -0.39 is 6.10 Å². The molecule has 6 heteroatoms. The molecule has 5 rings (SSSR count). The molecule has 2 aromatic rings. The lowest BCUT2D eigenvalue weighted by atomic mass is 9.78. The Morgan fingerprint density at radius 3 is 3.07 bits per heavy atom. The Kier molecular flexibility index (Phi) is 5.09. The second-order valence-corrected chi connectivity index (χ2v) is 7.15. The van der Waals surface area contributed by atoms with Gasteiger partial charge in [-0.05, 0) is 49.2 Å². The Morgan fingerprint density at radius 2 is 2.33 bits per heavy atom. The summed E-state index contributed by atoms with van der Waals surface area (Å²) in [5.74, 6) is 1.13. The molecule has 1 aromatic heterocycles. The molecular formula is C21H25N3O3. The molecule has 6 nitrogen and oxygen atoms in total. The third-order valence-electron chi connectivity index (χ3n) is 5.64. The first-order valence-electron chi connectivity index (χ1n) is 9.35. The molecule has 4 atom stereocenters. The van der Waals surface area contributed by atoms with Crippen molar-refractivity contribution in [3.05, 3.63) is 48.7 Å². The zero-order chi connectivity index (χ0) is 18.8. The molecule has 142 valence electrons. The van der Waals surface area contributed by atoms with E-state index in [-0.39, 0.29) is 6.04 Å². The Bertz CT molecular complexity index is 867. The van der Waals surface area contributed by atoms with Crippen LogP contribution in [-0.2, 0) is 4.84 Å². The van der Waals surface area contributed by atoms with E-state index in [0.717, 1.165) is 53.9 Å². The molecule has 0 spiro atoms. The fourth-order valence-corrected chi connectivity index (χ4v) is 4.23. The smallest absolute Gasteiger partial charge is 0.135 e. The van der Waals surface area contributed by atoms with Crippen LogP contribution < -0.4 is 4.74 Å². The van der Waals surface area contributed by atoms with Gasteiger partial charge in [0.05, 0.1) is 24.4 Å². The van der Waals surface area contributed by atoms with E-state index in [4.69, 9.17) is 9.57 Å². The summed E-state index contributed by atoms with van der Waals surface area (Å²) in [6.07, 6.45) is 4.82. The average Bonchev–Trinajstić information content (AvgIpc) is 2.73. The maximum atomic E-state index is 11.2. The summed E-state index contributed by atoms with van der Waals surface area (Å²) in [5.41, 5.74) is 2.84. The maximum Gasteiger partial charge on any atom is 0.135 e. The first-order valence-corrected chi connectivity index (χ1v) is 9.35. The van der Waals surface area contributed by atoms with Gasteiger partial charge in [-0.25, -0.2) is 0 Å². The largest absolute Gasteiger partial charge is 0.497 e. The zero-order valence-corrected chi connectivity index (χ0v) is 15.5. The van der Waals surface area contributed by atoms with Crippen molar-refractivity contribution in [3.63, 3.8) is 0 Å². The molecule has 0 saturated carbocycles. The van der Waals surface area contributed by atoms with Gasteiger partial charge in [-0.2, -0.15) is 0 Å². The van der Waals surface area contributed by atoms with Crippen LogP contribution in [0.1, 0.15) is 24.5 Å². The van der Waals surface area contributed by atoms with Crippen molar-refractivity contribution in [1.82, 2.24) is 9.88 Å². The number of aromatic nitrogens is 1. The monoisotopic (exact) mass is 367 g/mol. The molecule has 0 amide bonds. The number of piperidine rings is 3. The van der Waals surface area contributed by atoms with Crippen LogP contribution in [0.15, 0.2) is 48.3 Å². The molecule has 1 N–H and O–H groups in total. The van der Waals surface area contributed by atoms with Gasteiger partial charge >= 0.3 is 0 Å². The summed E-state index contributed by atoms with van der Waals surface area (Å²) in [6.45, 7) is 5.79. The molecule has 1 unspecified atom stereocenters. The molecule has 0 radical (unpaired) electrons. The molecule has 0 aliphatic carbocycles. The lowest BCUT2D eigenvalue weighted by Crippen LogP contribution is -2.55. The van der Waals surface area contributed by atoms with Gasteiger partial charge in [-0.3, -0.25) is 9.88 Å². The highest BCUT2D eigenvalue weighted by Gasteiger charge is 2.42. The minimum Gasteiger partial charge on any atom is -0.497 e. The summed E-state index contributed by atoms with van der Waals surface area (Å²) >= 11 is 0. The van der Waals surface area contributed by atoms with E-state index in [2.05, 4.69) is 21.6 Å². The standard InChI is InChI=1S/C21H25N3O3/c1-3-10-27-23-19-13-24-9-7-14(19)11-20(24)21(25)16-6-8-22-18-5-4-15(26-2)12-17(16)18/h3-6,8,12,14,20-21,25H,1,7,9-11,13H2,2H3/t14-,20-,21+/m0/s1. The molecule has 27 heavy (non-hydrogen) atoms. The topological polar surface area (TPSA) is 67.2 Å². The number of hydrogen-bond donors (Lipinski definition) is 1. The van der Waals surface area contributed by atoms with Crippen molar-refractivity contribution in [2.24, 2.45) is 11.1 Å². The minimum absolute atomic E-state index is 0.0684. The summed E-state index contributed by atoms with van der Waals surface area (Å²) < 4.78 is 5.36. The van der Waals surface area contributed by atoms with Crippen molar-refractivity contribution in [1.29, 1.82) is 0 Å². The SMILES string of the molecule is C=CCON=C1CN2CC[C@H]1C[C@H]2[C@H](O)c1ccnc2ccc(OC)cc12. The quantitative estimate of drug-likeness (QED) is 0.483. The number of hydrogen-bond acceptors (Lipinski definition) is 6. The molecule has 1 aromatic carbocycles. The Morgan fingerprint density at radius 1 is 1.44 bits per heavy atom. The Labute approximate surface area is 159 Å². The van der Waals surface area contributed by atoms with Crippen LogP contribution in [0.3, 0.4) is 0 Å². The molecule has 3 aliphatic rings. The van der Waals surface area contributed by atoms with Crippen LogP contribution in [0.2, 0.25) is 0 Å². The number of ether oxygens (including phenoxy) is 1. The van der Waals surface area contributed by atoms with E-state index in [1.807, 2.05) is 24.3 Å². The van der Waals surface area contributed by atoms with E-state index in [1.165, 1.54) is 0 Å². The number of pyridine rings is 1. The summed E-state index contributed by atoms with van der Waals surface area (Å²) in [6, 6.07) is 7.76. The fourth-order valence-electron chi connectivity index (χ4n) is 4.23. The highest BCUT2D eigenvalue weighted by atomic mass is 16.6. The van der Waals surface area contributed by atoms with Crippen molar-refractivity contribution in [2.45, 2.75) is 25.0 Å². The molecular weight excluding hydrogens is 342 g/mol. The van der Waals surface area contributed by atoms with E-state index >= 15 is 0 Å². The average molecular weight is 367 g/mol. The normalized spacial score (nSPS) is 26.9. The van der Waals surface area contributed by atoms with E-state index in [0.29, 0.717) is 12.5 Å². The third kappa shape index (κ3) is 3.42. The number of aliphatic hydroxyl groups is 1. The zero-order valence-electron chi connectivity index (χ0n) is 15.5. The van der Waals surface area contributed by atoms with Crippen LogP contribution in [0.5, 0.6) is 5.75 Å². The summed E-state index contributed by atoms with van der Waals surface area (Å²) in [7, 11) is 1.65. The number of rotatable bonds is 6. The van der Waals surface area contributed by atoms with Crippen LogP contribution >= 0.6 is 0 Å². The van der Waals surface area contributed by atoms with Gasteiger partial charge in [0.25, 0.3) is 0 Å². The van der Waals surface area contributed by atoms with Gasteiger partial charge in [0.2, 0.25) is 0 Å². The van der Waals surface area contributed by atoms with Crippen LogP contribution in [0.25, 0.3) is 10.9 Å². The first-order chi connectivity index (χ1) is 13.2. The van der Waals surface area contributed by atoms with Crippen molar-refractivity contribution >= 4 is 16.6 Å². The van der Waals surface area contributed by atoms with Gasteiger partial charge in [-0.1, -0.05) is 17.8 Å². The number of aliphatic hydroxyl groups excluding tert-OH is 1. The highest BCUT2D eigenvalue weighted by Crippen LogP contribution is 2.38. The number of methoxy groups -OCH3 is 1. The summed E-state index contributed by atoms with van der Waals surface area (Å²) in [4.78, 5) is 12.0. The Balaban J connectivity index is 1.59. The van der Waals surface area contributed by atoms with Crippen molar-refractivity contribution < 1.29 is 14.7 Å². The minimum atomic E-state index is -0.582.